The number of halogens is 3. The van der Waals surface area contributed by atoms with E-state index >= 15 is 0 Å². The van der Waals surface area contributed by atoms with Crippen molar-refractivity contribution in [1.29, 1.82) is 0 Å². The summed E-state index contributed by atoms with van der Waals surface area (Å²) in [5, 5.41) is -0.145. The number of H-pyrrole nitrogens is 1. The van der Waals surface area contributed by atoms with Gasteiger partial charge in [-0.25, -0.2) is 9.37 Å². The molecule has 1 N–H and O–H groups in total. The predicted octanol–water partition coefficient (Wildman–Crippen LogP) is 2.48. The molecule has 0 amide bonds. The molecule has 0 aliphatic rings. The van der Waals surface area contributed by atoms with Crippen LogP contribution in [0.1, 0.15) is 0 Å². The van der Waals surface area contributed by atoms with E-state index in [0.717, 1.165) is 0 Å². The van der Waals surface area contributed by atoms with E-state index in [4.69, 9.17) is 11.6 Å². The van der Waals surface area contributed by atoms with Crippen LogP contribution in [0.2, 0.25) is 5.28 Å². The van der Waals surface area contributed by atoms with Crippen molar-refractivity contribution in [1.82, 2.24) is 9.97 Å². The molecule has 0 aliphatic carbocycles. The van der Waals surface area contributed by atoms with Crippen LogP contribution in [0.5, 0.6) is 0 Å². The van der Waals surface area contributed by atoms with Gasteiger partial charge >= 0.3 is 0 Å². The summed E-state index contributed by atoms with van der Waals surface area (Å²) in [4.78, 5) is 17.3. The monoisotopic (exact) mass is 276 g/mol. The fourth-order valence-electron chi connectivity index (χ4n) is 1.14. The summed E-state index contributed by atoms with van der Waals surface area (Å²) in [5.41, 5.74) is -0.349. The van der Waals surface area contributed by atoms with E-state index < -0.39 is 11.4 Å². The topological polar surface area (TPSA) is 45.8 Å². The van der Waals surface area contributed by atoms with Crippen LogP contribution >= 0.6 is 27.5 Å². The van der Waals surface area contributed by atoms with E-state index in [1.807, 2.05) is 0 Å². The van der Waals surface area contributed by atoms with Crippen LogP contribution in [0.25, 0.3) is 10.9 Å². The molecular weight excluding hydrogens is 274 g/mol. The highest BCUT2D eigenvalue weighted by Gasteiger charge is 2.10. The minimum Gasteiger partial charge on any atom is -0.297 e. The Balaban J connectivity index is 3.03. The highest BCUT2D eigenvalue weighted by Crippen LogP contribution is 2.21. The van der Waals surface area contributed by atoms with Gasteiger partial charge in [0.1, 0.15) is 5.39 Å². The highest BCUT2D eigenvalue weighted by atomic mass is 79.9. The molecule has 0 aliphatic heterocycles. The zero-order chi connectivity index (χ0) is 10.3. The fourth-order valence-corrected chi connectivity index (χ4v) is 1.65. The largest absolute Gasteiger partial charge is 0.297 e. The molecule has 6 heteroatoms. The Morgan fingerprint density at radius 3 is 2.93 bits per heavy atom. The Kier molecular flexibility index (Phi) is 2.28. The van der Waals surface area contributed by atoms with Crippen LogP contribution in [0.3, 0.4) is 0 Å². The van der Waals surface area contributed by atoms with Crippen molar-refractivity contribution < 1.29 is 4.39 Å². The van der Waals surface area contributed by atoms with Crippen LogP contribution in [0.4, 0.5) is 4.39 Å². The first-order chi connectivity index (χ1) is 6.59. The van der Waals surface area contributed by atoms with Gasteiger partial charge in [0.15, 0.2) is 5.82 Å². The van der Waals surface area contributed by atoms with E-state index in [0.29, 0.717) is 0 Å². The lowest BCUT2D eigenvalue weighted by molar-refractivity contribution is 0.631. The van der Waals surface area contributed by atoms with Crippen LogP contribution in [0, 0.1) is 5.82 Å². The van der Waals surface area contributed by atoms with E-state index in [2.05, 4.69) is 25.9 Å². The number of hydrogen-bond acceptors (Lipinski definition) is 2. The number of aromatic amines is 1. The number of rotatable bonds is 0. The first kappa shape index (κ1) is 9.61. The Hall–Kier alpha value is -0.940. The Bertz CT molecular complexity index is 569. The third-order valence-electron chi connectivity index (χ3n) is 1.74. The molecule has 72 valence electrons. The molecule has 1 aromatic heterocycles. The number of hydrogen-bond donors (Lipinski definition) is 1. The van der Waals surface area contributed by atoms with Gasteiger partial charge in [-0.1, -0.05) is 0 Å². The van der Waals surface area contributed by atoms with Crippen molar-refractivity contribution >= 4 is 38.4 Å². The van der Waals surface area contributed by atoms with Crippen LogP contribution in [-0.2, 0) is 0 Å². The molecule has 2 aromatic rings. The fraction of sp³-hybridized carbons (Fsp3) is 0. The lowest BCUT2D eigenvalue weighted by atomic mass is 10.2. The van der Waals surface area contributed by atoms with Gasteiger partial charge in [-0.05, 0) is 39.7 Å². The molecule has 0 atom stereocenters. The van der Waals surface area contributed by atoms with Crippen LogP contribution in [-0.4, -0.2) is 9.97 Å². The van der Waals surface area contributed by atoms with E-state index in [9.17, 15) is 9.18 Å². The normalized spacial score (nSPS) is 10.8. The molecule has 0 radical (unpaired) electrons. The second kappa shape index (κ2) is 3.33. The van der Waals surface area contributed by atoms with Gasteiger partial charge in [0.2, 0.25) is 5.28 Å². The first-order valence-electron chi connectivity index (χ1n) is 3.63. The van der Waals surface area contributed by atoms with Gasteiger partial charge in [-0.3, -0.25) is 9.78 Å². The second-order valence-corrected chi connectivity index (χ2v) is 3.82. The minimum absolute atomic E-state index is 0.0516. The third kappa shape index (κ3) is 1.42. The maximum atomic E-state index is 13.4. The SMILES string of the molecule is O=c1[nH]c(Cl)nc2ccc(Br)c(F)c12. The van der Waals surface area contributed by atoms with Crippen LogP contribution in [0.15, 0.2) is 21.4 Å². The van der Waals surface area contributed by atoms with Crippen molar-refractivity contribution in [2.75, 3.05) is 0 Å². The summed E-state index contributed by atoms with van der Waals surface area (Å²) in [5.74, 6) is -0.632. The van der Waals surface area contributed by atoms with Gasteiger partial charge in [-0.15, -0.1) is 0 Å². The number of benzene rings is 1. The average molecular weight is 277 g/mol. The predicted molar refractivity (Wildman–Crippen MR) is 55.0 cm³/mol. The molecule has 3 nitrogen and oxygen atoms in total. The lowest BCUT2D eigenvalue weighted by Crippen LogP contribution is -2.09. The number of aromatic nitrogens is 2. The van der Waals surface area contributed by atoms with Gasteiger partial charge in [-0.2, -0.15) is 0 Å². The van der Waals surface area contributed by atoms with Crippen molar-refractivity contribution in [3.63, 3.8) is 0 Å². The molecule has 0 spiro atoms. The summed E-state index contributed by atoms with van der Waals surface area (Å²) in [6.07, 6.45) is 0. The molecular formula is C8H3BrClFN2O. The summed E-state index contributed by atoms with van der Waals surface area (Å²) >= 11 is 8.50. The zero-order valence-electron chi connectivity index (χ0n) is 6.64. The summed E-state index contributed by atoms with van der Waals surface area (Å²) < 4.78 is 13.7. The molecule has 1 aromatic carbocycles. The maximum Gasteiger partial charge on any atom is 0.262 e. The van der Waals surface area contributed by atoms with Crippen LogP contribution < -0.4 is 5.56 Å². The summed E-state index contributed by atoms with van der Waals surface area (Å²) in [6, 6.07) is 2.99. The molecule has 0 unspecified atom stereocenters. The summed E-state index contributed by atoms with van der Waals surface area (Å²) in [7, 11) is 0. The average Bonchev–Trinajstić information content (AvgIpc) is 2.10. The van der Waals surface area contributed by atoms with Crippen molar-refractivity contribution in [2.24, 2.45) is 0 Å². The van der Waals surface area contributed by atoms with E-state index in [-0.39, 0.29) is 20.7 Å². The van der Waals surface area contributed by atoms with Gasteiger partial charge in [0.05, 0.1) is 9.99 Å². The smallest absolute Gasteiger partial charge is 0.262 e. The summed E-state index contributed by atoms with van der Waals surface area (Å²) in [6.45, 7) is 0. The lowest BCUT2D eigenvalue weighted by Gasteiger charge is -1.99. The van der Waals surface area contributed by atoms with Crippen molar-refractivity contribution in [2.45, 2.75) is 0 Å². The molecule has 2 rings (SSSR count). The van der Waals surface area contributed by atoms with Crippen molar-refractivity contribution in [3.05, 3.63) is 38.1 Å². The molecule has 1 heterocycles. The highest BCUT2D eigenvalue weighted by molar-refractivity contribution is 9.10. The van der Waals surface area contributed by atoms with Gasteiger partial charge in [0, 0.05) is 0 Å². The second-order valence-electron chi connectivity index (χ2n) is 2.61. The molecule has 0 saturated heterocycles. The van der Waals surface area contributed by atoms with Gasteiger partial charge in [0.25, 0.3) is 5.56 Å². The molecule has 0 fully saturated rings. The standard InChI is InChI=1S/C8H3BrClFN2O/c9-3-1-2-4-5(6(3)11)7(14)13-8(10)12-4/h1-2H,(H,12,13,14). The van der Waals surface area contributed by atoms with Crippen molar-refractivity contribution in [3.8, 4) is 0 Å². The van der Waals surface area contributed by atoms with E-state index in [1.54, 1.807) is 0 Å². The quantitative estimate of drug-likeness (QED) is 0.752. The number of fused-ring (bicyclic) bond motifs is 1. The molecule has 0 bridgehead atoms. The molecule has 0 saturated carbocycles. The number of nitrogens with zero attached hydrogens (tertiary/aromatic N) is 1. The minimum atomic E-state index is -0.632. The van der Waals surface area contributed by atoms with E-state index in [1.165, 1.54) is 12.1 Å². The first-order valence-corrected chi connectivity index (χ1v) is 4.80. The number of nitrogens with one attached hydrogen (secondary N) is 1. The molecule has 14 heavy (non-hydrogen) atoms. The Labute approximate surface area is 91.1 Å². The zero-order valence-corrected chi connectivity index (χ0v) is 8.99. The van der Waals surface area contributed by atoms with Gasteiger partial charge < -0.3 is 0 Å². The Morgan fingerprint density at radius 2 is 2.21 bits per heavy atom. The maximum absolute atomic E-state index is 13.4. The third-order valence-corrected chi connectivity index (χ3v) is 2.53. The Morgan fingerprint density at radius 1 is 1.50 bits per heavy atom.